The largest absolute Gasteiger partial charge is 0.370 e. The average molecular weight is 225 g/mol. The summed E-state index contributed by atoms with van der Waals surface area (Å²) in [7, 11) is 2.11. The second kappa shape index (κ2) is 4.42. The first-order valence-electron chi connectivity index (χ1n) is 5.42. The zero-order chi connectivity index (χ0) is 10.8. The van der Waals surface area contributed by atoms with Crippen LogP contribution < -0.4 is 10.6 Å². The maximum Gasteiger partial charge on any atom is 0.0437 e. The van der Waals surface area contributed by atoms with Crippen LogP contribution in [0.3, 0.4) is 0 Å². The van der Waals surface area contributed by atoms with Gasteiger partial charge in [0.05, 0.1) is 0 Å². The van der Waals surface area contributed by atoms with Crippen LogP contribution >= 0.6 is 11.6 Å². The molecule has 0 aromatic heterocycles. The number of hydrogen-bond acceptors (Lipinski definition) is 2. The molecule has 0 spiro atoms. The van der Waals surface area contributed by atoms with E-state index in [2.05, 4.69) is 11.9 Å². The molecule has 1 saturated carbocycles. The molecule has 2 nitrogen and oxygen atoms in total. The lowest BCUT2D eigenvalue weighted by Crippen LogP contribution is -2.42. The summed E-state index contributed by atoms with van der Waals surface area (Å²) < 4.78 is 0. The third kappa shape index (κ3) is 2.27. The Kier molecular flexibility index (Phi) is 3.17. The highest BCUT2D eigenvalue weighted by molar-refractivity contribution is 6.30. The molecule has 2 N–H and O–H groups in total. The molecule has 0 aliphatic heterocycles. The van der Waals surface area contributed by atoms with Crippen LogP contribution in [0.15, 0.2) is 24.3 Å². The fraction of sp³-hybridized carbons (Fsp3) is 0.500. The van der Waals surface area contributed by atoms with E-state index < -0.39 is 0 Å². The lowest BCUT2D eigenvalue weighted by molar-refractivity contribution is 0.573. The number of anilines is 1. The van der Waals surface area contributed by atoms with Gasteiger partial charge in [-0.2, -0.15) is 0 Å². The van der Waals surface area contributed by atoms with E-state index in [-0.39, 0.29) is 0 Å². The van der Waals surface area contributed by atoms with Gasteiger partial charge in [-0.3, -0.25) is 0 Å². The molecule has 82 valence electrons. The van der Waals surface area contributed by atoms with Crippen LogP contribution in [0.4, 0.5) is 5.69 Å². The van der Waals surface area contributed by atoms with Gasteiger partial charge in [0.2, 0.25) is 0 Å². The van der Waals surface area contributed by atoms with Gasteiger partial charge in [-0.25, -0.2) is 0 Å². The van der Waals surface area contributed by atoms with Crippen molar-refractivity contribution in [2.75, 3.05) is 11.9 Å². The second-order valence-electron chi connectivity index (χ2n) is 4.25. The maximum absolute atomic E-state index is 6.08. The molecular weight excluding hydrogens is 208 g/mol. The van der Waals surface area contributed by atoms with Crippen molar-refractivity contribution in [3.05, 3.63) is 29.3 Å². The monoisotopic (exact) mass is 224 g/mol. The quantitative estimate of drug-likeness (QED) is 0.837. The summed E-state index contributed by atoms with van der Waals surface area (Å²) in [5, 5.41) is 0.780. The first-order chi connectivity index (χ1) is 7.18. The van der Waals surface area contributed by atoms with Gasteiger partial charge in [0.15, 0.2) is 0 Å². The Morgan fingerprint density at radius 3 is 2.47 bits per heavy atom. The van der Waals surface area contributed by atoms with Crippen molar-refractivity contribution in [3.8, 4) is 0 Å². The summed E-state index contributed by atoms with van der Waals surface area (Å²) in [6.45, 7) is 0. The van der Waals surface area contributed by atoms with E-state index in [9.17, 15) is 0 Å². The Hall–Kier alpha value is -0.730. The topological polar surface area (TPSA) is 29.3 Å². The standard InChI is InChI=1S/C12H17ClN2/c1-15(12-4-2-3-11(12)14)10-7-5-9(13)6-8-10/h5-8,11-12H,2-4,14H2,1H3. The summed E-state index contributed by atoms with van der Waals surface area (Å²) in [6.07, 6.45) is 3.58. The van der Waals surface area contributed by atoms with Crippen molar-refractivity contribution in [2.45, 2.75) is 31.3 Å². The number of benzene rings is 1. The molecule has 1 aromatic carbocycles. The smallest absolute Gasteiger partial charge is 0.0437 e. The SMILES string of the molecule is CN(c1ccc(Cl)cc1)C1CCCC1N. The first kappa shape index (κ1) is 10.8. The Morgan fingerprint density at radius 2 is 1.93 bits per heavy atom. The third-order valence-corrected chi connectivity index (χ3v) is 3.51. The van der Waals surface area contributed by atoms with Crippen molar-refractivity contribution in [1.29, 1.82) is 0 Å². The highest BCUT2D eigenvalue weighted by atomic mass is 35.5. The van der Waals surface area contributed by atoms with Gasteiger partial charge in [0.25, 0.3) is 0 Å². The summed E-state index contributed by atoms with van der Waals surface area (Å²) >= 11 is 5.86. The van der Waals surface area contributed by atoms with E-state index in [0.717, 1.165) is 11.4 Å². The Labute approximate surface area is 96.0 Å². The van der Waals surface area contributed by atoms with E-state index in [4.69, 9.17) is 17.3 Å². The second-order valence-corrected chi connectivity index (χ2v) is 4.69. The van der Waals surface area contributed by atoms with Gasteiger partial charge < -0.3 is 10.6 Å². The molecule has 2 atom stereocenters. The number of likely N-dealkylation sites (N-methyl/N-ethyl adjacent to an activating group) is 1. The number of nitrogens with two attached hydrogens (primary N) is 1. The molecule has 2 unspecified atom stereocenters. The average Bonchev–Trinajstić information content (AvgIpc) is 2.65. The van der Waals surface area contributed by atoms with Crippen molar-refractivity contribution in [3.63, 3.8) is 0 Å². The predicted octanol–water partition coefficient (Wildman–Crippen LogP) is 2.66. The van der Waals surface area contributed by atoms with Crippen LogP contribution in [0.2, 0.25) is 5.02 Å². The summed E-state index contributed by atoms with van der Waals surface area (Å²) in [4.78, 5) is 2.27. The van der Waals surface area contributed by atoms with Gasteiger partial charge in [-0.05, 0) is 43.5 Å². The van der Waals surface area contributed by atoms with Gasteiger partial charge in [0, 0.05) is 29.8 Å². The van der Waals surface area contributed by atoms with Gasteiger partial charge >= 0.3 is 0 Å². The van der Waals surface area contributed by atoms with E-state index in [0.29, 0.717) is 12.1 Å². The van der Waals surface area contributed by atoms with Crippen LogP contribution in [0.5, 0.6) is 0 Å². The highest BCUT2D eigenvalue weighted by Crippen LogP contribution is 2.26. The van der Waals surface area contributed by atoms with Crippen molar-refractivity contribution in [1.82, 2.24) is 0 Å². The van der Waals surface area contributed by atoms with Crippen LogP contribution in [0.1, 0.15) is 19.3 Å². The minimum Gasteiger partial charge on any atom is -0.370 e. The minimum atomic E-state index is 0.311. The molecule has 1 fully saturated rings. The van der Waals surface area contributed by atoms with Crippen molar-refractivity contribution >= 4 is 17.3 Å². The molecule has 1 aliphatic carbocycles. The number of rotatable bonds is 2. The molecule has 3 heteroatoms. The fourth-order valence-electron chi connectivity index (χ4n) is 2.32. The maximum atomic E-state index is 6.08. The predicted molar refractivity (Wildman–Crippen MR) is 65.5 cm³/mol. The van der Waals surface area contributed by atoms with Crippen molar-refractivity contribution < 1.29 is 0 Å². The Balaban J connectivity index is 2.13. The summed E-state index contributed by atoms with van der Waals surface area (Å²) in [5.41, 5.74) is 7.28. The molecule has 2 rings (SSSR count). The number of halogens is 1. The normalized spacial score (nSPS) is 25.5. The fourth-order valence-corrected chi connectivity index (χ4v) is 2.44. The zero-order valence-corrected chi connectivity index (χ0v) is 9.74. The Morgan fingerprint density at radius 1 is 1.27 bits per heavy atom. The first-order valence-corrected chi connectivity index (χ1v) is 5.80. The van der Waals surface area contributed by atoms with Gasteiger partial charge in [-0.1, -0.05) is 11.6 Å². The van der Waals surface area contributed by atoms with Gasteiger partial charge in [-0.15, -0.1) is 0 Å². The van der Waals surface area contributed by atoms with Gasteiger partial charge in [0.1, 0.15) is 0 Å². The number of hydrogen-bond donors (Lipinski definition) is 1. The highest BCUT2D eigenvalue weighted by Gasteiger charge is 2.27. The van der Waals surface area contributed by atoms with E-state index in [1.165, 1.54) is 18.5 Å². The Bertz CT molecular complexity index is 323. The zero-order valence-electron chi connectivity index (χ0n) is 8.99. The van der Waals surface area contributed by atoms with Crippen LogP contribution in [0.25, 0.3) is 0 Å². The summed E-state index contributed by atoms with van der Waals surface area (Å²) in [5.74, 6) is 0. The molecule has 0 radical (unpaired) electrons. The molecule has 0 amide bonds. The van der Waals surface area contributed by atoms with Crippen LogP contribution in [-0.2, 0) is 0 Å². The van der Waals surface area contributed by atoms with E-state index in [1.54, 1.807) is 0 Å². The lowest BCUT2D eigenvalue weighted by Gasteiger charge is -2.29. The van der Waals surface area contributed by atoms with Crippen LogP contribution in [0, 0.1) is 0 Å². The number of nitrogens with zero attached hydrogens (tertiary/aromatic N) is 1. The molecule has 1 aromatic rings. The van der Waals surface area contributed by atoms with Crippen LogP contribution in [-0.4, -0.2) is 19.1 Å². The lowest BCUT2D eigenvalue weighted by atomic mass is 10.1. The third-order valence-electron chi connectivity index (χ3n) is 3.26. The molecule has 1 aliphatic rings. The van der Waals surface area contributed by atoms with E-state index in [1.807, 2.05) is 24.3 Å². The molecular formula is C12H17ClN2. The molecule has 0 heterocycles. The molecule has 0 bridgehead atoms. The minimum absolute atomic E-state index is 0.311. The molecule has 0 saturated heterocycles. The van der Waals surface area contributed by atoms with E-state index >= 15 is 0 Å². The molecule has 15 heavy (non-hydrogen) atoms. The summed E-state index contributed by atoms with van der Waals surface area (Å²) in [6, 6.07) is 8.74. The van der Waals surface area contributed by atoms with Crippen molar-refractivity contribution in [2.24, 2.45) is 5.73 Å².